The highest BCUT2D eigenvalue weighted by atomic mass is 79.9. The Bertz CT molecular complexity index is 710. The molecule has 1 aliphatic heterocycles. The van der Waals surface area contributed by atoms with E-state index in [1.54, 1.807) is 21.9 Å². The van der Waals surface area contributed by atoms with Gasteiger partial charge in [0.15, 0.2) is 0 Å². The summed E-state index contributed by atoms with van der Waals surface area (Å²) in [5.74, 6) is -1.21. The molecule has 0 atom stereocenters. The number of hydrogen-bond donors (Lipinski definition) is 0. The number of anilines is 1. The average Bonchev–Trinajstić information content (AvgIpc) is 2.55. The Morgan fingerprint density at radius 3 is 2.17 bits per heavy atom. The quantitative estimate of drug-likeness (QED) is 0.792. The second-order valence-corrected chi connectivity index (χ2v) is 6.28. The zero-order valence-electron chi connectivity index (χ0n) is 12.3. The molecule has 120 valence electrons. The number of amides is 1. The second-order valence-electron chi connectivity index (χ2n) is 5.36. The molecule has 2 aromatic carbocycles. The van der Waals surface area contributed by atoms with Crippen LogP contribution in [0, 0.1) is 11.6 Å². The lowest BCUT2D eigenvalue weighted by Gasteiger charge is -2.36. The molecule has 0 radical (unpaired) electrons. The maximum absolute atomic E-state index is 13.8. The van der Waals surface area contributed by atoms with Gasteiger partial charge in [0.1, 0.15) is 17.3 Å². The van der Waals surface area contributed by atoms with E-state index in [1.165, 1.54) is 18.2 Å². The fourth-order valence-corrected chi connectivity index (χ4v) is 3.13. The Morgan fingerprint density at radius 1 is 0.957 bits per heavy atom. The van der Waals surface area contributed by atoms with Crippen LogP contribution in [-0.2, 0) is 0 Å². The third-order valence-electron chi connectivity index (χ3n) is 3.89. The van der Waals surface area contributed by atoms with Crippen molar-refractivity contribution in [2.75, 3.05) is 31.1 Å². The van der Waals surface area contributed by atoms with E-state index in [0.29, 0.717) is 31.7 Å². The number of benzene rings is 2. The van der Waals surface area contributed by atoms with Crippen LogP contribution in [0.2, 0.25) is 0 Å². The van der Waals surface area contributed by atoms with Crippen LogP contribution in [0.5, 0.6) is 0 Å². The first-order chi connectivity index (χ1) is 11.1. The molecule has 1 saturated heterocycles. The molecule has 0 N–H and O–H groups in total. The molecule has 0 saturated carbocycles. The summed E-state index contributed by atoms with van der Waals surface area (Å²) >= 11 is 3.35. The molecule has 3 rings (SSSR count). The normalized spacial score (nSPS) is 14.9. The molecule has 3 nitrogen and oxygen atoms in total. The second kappa shape index (κ2) is 6.66. The highest BCUT2D eigenvalue weighted by Gasteiger charge is 2.25. The molecule has 23 heavy (non-hydrogen) atoms. The van der Waals surface area contributed by atoms with Gasteiger partial charge in [0.2, 0.25) is 0 Å². The van der Waals surface area contributed by atoms with E-state index in [1.807, 2.05) is 12.1 Å². The predicted octanol–water partition coefficient (Wildman–Crippen LogP) is 3.69. The predicted molar refractivity (Wildman–Crippen MR) is 88.6 cm³/mol. The number of hydrogen-bond acceptors (Lipinski definition) is 2. The number of nitrogens with zero attached hydrogens (tertiary/aromatic N) is 2. The van der Waals surface area contributed by atoms with Gasteiger partial charge in [-0.15, -0.1) is 0 Å². The van der Waals surface area contributed by atoms with E-state index in [0.717, 1.165) is 4.47 Å². The molecule has 0 aromatic heterocycles. The Balaban J connectivity index is 1.70. The number of para-hydroxylation sites is 1. The minimum Gasteiger partial charge on any atom is -0.363 e. The summed E-state index contributed by atoms with van der Waals surface area (Å²) in [6, 6.07) is 11.0. The summed E-state index contributed by atoms with van der Waals surface area (Å²) in [7, 11) is 0. The van der Waals surface area contributed by atoms with Gasteiger partial charge in [-0.05, 0) is 30.3 Å². The van der Waals surface area contributed by atoms with E-state index in [2.05, 4.69) is 15.9 Å². The van der Waals surface area contributed by atoms with Gasteiger partial charge in [-0.1, -0.05) is 28.1 Å². The zero-order chi connectivity index (χ0) is 16.4. The lowest BCUT2D eigenvalue weighted by atomic mass is 10.1. The van der Waals surface area contributed by atoms with Crippen LogP contribution >= 0.6 is 15.9 Å². The number of carbonyl (C=O) groups is 1. The summed E-state index contributed by atoms with van der Waals surface area (Å²) in [6.07, 6.45) is 0. The molecule has 0 bridgehead atoms. The maximum Gasteiger partial charge on any atom is 0.254 e. The van der Waals surface area contributed by atoms with Crippen molar-refractivity contribution in [1.82, 2.24) is 4.90 Å². The summed E-state index contributed by atoms with van der Waals surface area (Å²) in [6.45, 7) is 1.66. The van der Waals surface area contributed by atoms with Crippen molar-refractivity contribution in [1.29, 1.82) is 0 Å². The van der Waals surface area contributed by atoms with Crippen LogP contribution in [0.1, 0.15) is 10.4 Å². The largest absolute Gasteiger partial charge is 0.363 e. The summed E-state index contributed by atoms with van der Waals surface area (Å²) < 4.78 is 28.5. The first kappa shape index (κ1) is 15.9. The molecule has 1 heterocycles. The smallest absolute Gasteiger partial charge is 0.254 e. The minimum absolute atomic E-state index is 0.0120. The lowest BCUT2D eigenvalue weighted by Crippen LogP contribution is -2.49. The summed E-state index contributed by atoms with van der Waals surface area (Å²) in [5.41, 5.74) is 0.590. The monoisotopic (exact) mass is 380 g/mol. The number of halogens is 3. The van der Waals surface area contributed by atoms with Crippen molar-refractivity contribution in [3.63, 3.8) is 0 Å². The third-order valence-corrected chi connectivity index (χ3v) is 4.39. The maximum atomic E-state index is 13.8. The summed E-state index contributed by atoms with van der Waals surface area (Å²) in [5, 5.41) is 0. The van der Waals surface area contributed by atoms with E-state index >= 15 is 0 Å². The molecule has 1 fully saturated rings. The molecule has 1 amide bonds. The van der Waals surface area contributed by atoms with Crippen molar-refractivity contribution in [2.45, 2.75) is 0 Å². The Hall–Kier alpha value is -1.95. The average molecular weight is 381 g/mol. The standard InChI is InChI=1S/C17H15BrF2N2O/c18-13-4-1-3-12(11-13)17(23)22-9-7-21(8-10-22)16-14(19)5-2-6-15(16)20/h1-6,11H,7-10H2. The van der Waals surface area contributed by atoms with Crippen LogP contribution < -0.4 is 4.90 Å². The van der Waals surface area contributed by atoms with Gasteiger partial charge >= 0.3 is 0 Å². The molecule has 0 spiro atoms. The van der Waals surface area contributed by atoms with Crippen LogP contribution in [0.25, 0.3) is 0 Å². The zero-order valence-corrected chi connectivity index (χ0v) is 13.9. The van der Waals surface area contributed by atoms with Gasteiger partial charge < -0.3 is 9.80 Å². The number of carbonyl (C=O) groups excluding carboxylic acids is 1. The van der Waals surface area contributed by atoms with E-state index in [9.17, 15) is 13.6 Å². The molecule has 0 aliphatic carbocycles. The number of piperazine rings is 1. The van der Waals surface area contributed by atoms with E-state index < -0.39 is 11.6 Å². The molecule has 0 unspecified atom stereocenters. The van der Waals surface area contributed by atoms with E-state index in [-0.39, 0.29) is 11.6 Å². The van der Waals surface area contributed by atoms with Gasteiger partial charge in [-0.3, -0.25) is 4.79 Å². The van der Waals surface area contributed by atoms with Crippen molar-refractivity contribution in [3.05, 3.63) is 64.1 Å². The van der Waals surface area contributed by atoms with Gasteiger partial charge in [0, 0.05) is 36.2 Å². The minimum atomic E-state index is -0.572. The van der Waals surface area contributed by atoms with E-state index in [4.69, 9.17) is 0 Å². The van der Waals surface area contributed by atoms with Crippen LogP contribution in [0.3, 0.4) is 0 Å². The molecule has 6 heteroatoms. The third kappa shape index (κ3) is 3.37. The van der Waals surface area contributed by atoms with Crippen LogP contribution in [-0.4, -0.2) is 37.0 Å². The highest BCUT2D eigenvalue weighted by molar-refractivity contribution is 9.10. The molecular weight excluding hydrogens is 366 g/mol. The van der Waals surface area contributed by atoms with Crippen molar-refractivity contribution < 1.29 is 13.6 Å². The fourth-order valence-electron chi connectivity index (χ4n) is 2.73. The van der Waals surface area contributed by atoms with Crippen LogP contribution in [0.4, 0.5) is 14.5 Å². The SMILES string of the molecule is O=C(c1cccc(Br)c1)N1CCN(c2c(F)cccc2F)CC1. The number of rotatable bonds is 2. The van der Waals surface area contributed by atoms with Crippen LogP contribution in [0.15, 0.2) is 46.9 Å². The molecule has 1 aliphatic rings. The summed E-state index contributed by atoms with van der Waals surface area (Å²) in [4.78, 5) is 15.8. The Labute approximate surface area is 141 Å². The van der Waals surface area contributed by atoms with Gasteiger partial charge in [0.05, 0.1) is 0 Å². The Kier molecular flexibility index (Phi) is 4.61. The van der Waals surface area contributed by atoms with Gasteiger partial charge in [-0.25, -0.2) is 8.78 Å². The molecule has 2 aromatic rings. The van der Waals surface area contributed by atoms with Crippen molar-refractivity contribution in [2.24, 2.45) is 0 Å². The first-order valence-corrected chi connectivity index (χ1v) is 8.09. The van der Waals surface area contributed by atoms with Crippen molar-refractivity contribution in [3.8, 4) is 0 Å². The molecular formula is C17H15BrF2N2O. The van der Waals surface area contributed by atoms with Crippen molar-refractivity contribution >= 4 is 27.5 Å². The first-order valence-electron chi connectivity index (χ1n) is 7.30. The lowest BCUT2D eigenvalue weighted by molar-refractivity contribution is 0.0746. The fraction of sp³-hybridized carbons (Fsp3) is 0.235. The Morgan fingerprint density at radius 2 is 1.57 bits per heavy atom. The van der Waals surface area contributed by atoms with Gasteiger partial charge in [-0.2, -0.15) is 0 Å². The highest BCUT2D eigenvalue weighted by Crippen LogP contribution is 2.24. The topological polar surface area (TPSA) is 23.6 Å². The van der Waals surface area contributed by atoms with Gasteiger partial charge in [0.25, 0.3) is 5.91 Å².